The molecule has 4 nitrogen and oxygen atoms in total. The number of carbonyl (C=O) groups excluding carboxylic acids is 1. The van der Waals surface area contributed by atoms with Gasteiger partial charge < -0.3 is 14.8 Å². The maximum atomic E-state index is 12.4. The van der Waals surface area contributed by atoms with E-state index in [9.17, 15) is 4.79 Å². The number of hydrogen-bond acceptors (Lipinski definition) is 3. The van der Waals surface area contributed by atoms with E-state index in [4.69, 9.17) is 21.1 Å². The van der Waals surface area contributed by atoms with Gasteiger partial charge in [0.25, 0.3) is 5.91 Å². The topological polar surface area (TPSA) is 47.6 Å². The van der Waals surface area contributed by atoms with Crippen LogP contribution in [-0.4, -0.2) is 19.1 Å². The van der Waals surface area contributed by atoms with Gasteiger partial charge in [-0.25, -0.2) is 0 Å². The fourth-order valence-corrected chi connectivity index (χ4v) is 2.36. The predicted molar refractivity (Wildman–Crippen MR) is 97.4 cm³/mol. The summed E-state index contributed by atoms with van der Waals surface area (Å²) in [6.07, 6.45) is -0.646. The molecule has 128 valence electrons. The second kappa shape index (κ2) is 7.58. The van der Waals surface area contributed by atoms with Gasteiger partial charge in [-0.05, 0) is 62.6 Å². The molecule has 2 aromatic rings. The number of carbonyl (C=O) groups is 1. The molecule has 0 saturated carbocycles. The molecule has 1 amide bonds. The Kier molecular flexibility index (Phi) is 5.73. The highest BCUT2D eigenvalue weighted by atomic mass is 35.5. The first-order chi connectivity index (χ1) is 11.3. The molecular weight excluding hydrogens is 326 g/mol. The van der Waals surface area contributed by atoms with Crippen LogP contribution < -0.4 is 14.8 Å². The minimum Gasteiger partial charge on any atom is -0.495 e. The first kappa shape index (κ1) is 18.1. The van der Waals surface area contributed by atoms with Gasteiger partial charge in [0.05, 0.1) is 12.8 Å². The molecule has 1 atom stereocenters. The molecule has 0 bridgehead atoms. The van der Waals surface area contributed by atoms with Gasteiger partial charge in [-0.3, -0.25) is 4.79 Å². The Morgan fingerprint density at radius 1 is 1.08 bits per heavy atom. The Bertz CT molecular complexity index is 759. The molecule has 5 heteroatoms. The molecule has 0 aliphatic heterocycles. The van der Waals surface area contributed by atoms with E-state index < -0.39 is 6.10 Å². The standard InChI is InChI=1S/C19H22ClNO3/c1-11-6-7-15(8-12(11)2)24-14(4)19(22)21-17-9-13(3)16(20)10-18(17)23-5/h6-10,14H,1-5H3,(H,21,22). The summed E-state index contributed by atoms with van der Waals surface area (Å²) in [4.78, 5) is 12.4. The van der Waals surface area contributed by atoms with Crippen molar-refractivity contribution in [2.45, 2.75) is 33.8 Å². The van der Waals surface area contributed by atoms with Gasteiger partial charge in [0, 0.05) is 11.1 Å². The molecule has 0 aliphatic rings. The van der Waals surface area contributed by atoms with E-state index in [0.717, 1.165) is 11.1 Å². The number of anilines is 1. The SMILES string of the molecule is COc1cc(Cl)c(C)cc1NC(=O)C(C)Oc1ccc(C)c(C)c1. The van der Waals surface area contributed by atoms with Gasteiger partial charge in [0.15, 0.2) is 6.10 Å². The fraction of sp³-hybridized carbons (Fsp3) is 0.316. The van der Waals surface area contributed by atoms with Crippen LogP contribution in [0.2, 0.25) is 5.02 Å². The summed E-state index contributed by atoms with van der Waals surface area (Å²) in [6, 6.07) is 9.22. The molecule has 24 heavy (non-hydrogen) atoms. The van der Waals surface area contributed by atoms with E-state index in [0.29, 0.717) is 22.2 Å². The Morgan fingerprint density at radius 2 is 1.79 bits per heavy atom. The highest BCUT2D eigenvalue weighted by Gasteiger charge is 2.17. The summed E-state index contributed by atoms with van der Waals surface area (Å²) in [7, 11) is 1.53. The summed E-state index contributed by atoms with van der Waals surface area (Å²) in [5.74, 6) is 0.922. The number of nitrogens with one attached hydrogen (secondary N) is 1. The molecule has 1 N–H and O–H groups in total. The first-order valence-corrected chi connectivity index (χ1v) is 8.08. The van der Waals surface area contributed by atoms with E-state index in [1.165, 1.54) is 12.7 Å². The summed E-state index contributed by atoms with van der Waals surface area (Å²) in [6.45, 7) is 7.62. The first-order valence-electron chi connectivity index (χ1n) is 7.70. The predicted octanol–water partition coefficient (Wildman–Crippen LogP) is 4.68. The van der Waals surface area contributed by atoms with Crippen molar-refractivity contribution < 1.29 is 14.3 Å². The number of halogens is 1. The summed E-state index contributed by atoms with van der Waals surface area (Å²) in [5, 5.41) is 3.42. The molecule has 0 spiro atoms. The third kappa shape index (κ3) is 4.20. The lowest BCUT2D eigenvalue weighted by Crippen LogP contribution is -2.30. The number of amides is 1. The molecule has 0 aromatic heterocycles. The quantitative estimate of drug-likeness (QED) is 0.854. The van der Waals surface area contributed by atoms with Crippen LogP contribution in [0.4, 0.5) is 5.69 Å². The summed E-state index contributed by atoms with van der Waals surface area (Å²) >= 11 is 6.08. The van der Waals surface area contributed by atoms with Gasteiger partial charge in [0.1, 0.15) is 11.5 Å². The van der Waals surface area contributed by atoms with Gasteiger partial charge in [0.2, 0.25) is 0 Å². The number of benzene rings is 2. The second-order valence-corrected chi connectivity index (χ2v) is 6.20. The van der Waals surface area contributed by atoms with Crippen molar-refractivity contribution in [3.63, 3.8) is 0 Å². The van der Waals surface area contributed by atoms with Crippen LogP contribution in [0, 0.1) is 20.8 Å². The van der Waals surface area contributed by atoms with E-state index in [-0.39, 0.29) is 5.91 Å². The van der Waals surface area contributed by atoms with E-state index in [2.05, 4.69) is 5.32 Å². The number of ether oxygens (including phenoxy) is 2. The average molecular weight is 348 g/mol. The molecular formula is C19H22ClNO3. The number of aryl methyl sites for hydroxylation is 3. The van der Waals surface area contributed by atoms with Gasteiger partial charge in [-0.1, -0.05) is 17.7 Å². The zero-order valence-corrected chi connectivity index (χ0v) is 15.3. The zero-order chi connectivity index (χ0) is 17.9. The minimum atomic E-state index is -0.646. The molecule has 0 aliphatic carbocycles. The Labute approximate surface area is 147 Å². The maximum absolute atomic E-state index is 12.4. The Balaban J connectivity index is 2.11. The zero-order valence-electron chi connectivity index (χ0n) is 14.6. The van der Waals surface area contributed by atoms with Gasteiger partial charge in [-0.2, -0.15) is 0 Å². The van der Waals surface area contributed by atoms with Crippen molar-refractivity contribution in [3.05, 3.63) is 52.0 Å². The van der Waals surface area contributed by atoms with Crippen LogP contribution in [0.5, 0.6) is 11.5 Å². The number of hydrogen-bond donors (Lipinski definition) is 1. The smallest absolute Gasteiger partial charge is 0.265 e. The summed E-state index contributed by atoms with van der Waals surface area (Å²) < 4.78 is 11.0. The lowest BCUT2D eigenvalue weighted by molar-refractivity contribution is -0.122. The monoisotopic (exact) mass is 347 g/mol. The van der Waals surface area contributed by atoms with Crippen molar-refractivity contribution in [1.29, 1.82) is 0 Å². The largest absolute Gasteiger partial charge is 0.495 e. The highest BCUT2D eigenvalue weighted by Crippen LogP contribution is 2.31. The van der Waals surface area contributed by atoms with Crippen molar-refractivity contribution in [2.24, 2.45) is 0 Å². The van der Waals surface area contributed by atoms with Crippen molar-refractivity contribution >= 4 is 23.2 Å². The van der Waals surface area contributed by atoms with Crippen LogP contribution in [-0.2, 0) is 4.79 Å². The second-order valence-electron chi connectivity index (χ2n) is 5.80. The molecule has 0 fully saturated rings. The fourth-order valence-electron chi connectivity index (χ4n) is 2.21. The third-order valence-corrected chi connectivity index (χ3v) is 4.31. The molecule has 2 rings (SSSR count). The Morgan fingerprint density at radius 3 is 2.42 bits per heavy atom. The van der Waals surface area contributed by atoms with Crippen molar-refractivity contribution in [1.82, 2.24) is 0 Å². The minimum absolute atomic E-state index is 0.256. The van der Waals surface area contributed by atoms with E-state index >= 15 is 0 Å². The van der Waals surface area contributed by atoms with Crippen molar-refractivity contribution in [3.8, 4) is 11.5 Å². The van der Waals surface area contributed by atoms with Crippen LogP contribution >= 0.6 is 11.6 Å². The highest BCUT2D eigenvalue weighted by molar-refractivity contribution is 6.31. The van der Waals surface area contributed by atoms with Crippen molar-refractivity contribution in [2.75, 3.05) is 12.4 Å². The van der Waals surface area contributed by atoms with Crippen LogP contribution in [0.25, 0.3) is 0 Å². The van der Waals surface area contributed by atoms with Crippen LogP contribution in [0.3, 0.4) is 0 Å². The van der Waals surface area contributed by atoms with E-state index in [1.807, 2.05) is 39.0 Å². The maximum Gasteiger partial charge on any atom is 0.265 e. The molecule has 0 saturated heterocycles. The van der Waals surface area contributed by atoms with E-state index in [1.54, 1.807) is 19.1 Å². The molecule has 0 radical (unpaired) electrons. The number of methoxy groups -OCH3 is 1. The lowest BCUT2D eigenvalue weighted by Gasteiger charge is -2.17. The lowest BCUT2D eigenvalue weighted by atomic mass is 10.1. The van der Waals surface area contributed by atoms with Gasteiger partial charge in [-0.15, -0.1) is 0 Å². The Hall–Kier alpha value is -2.20. The molecule has 0 heterocycles. The molecule has 2 aromatic carbocycles. The number of rotatable bonds is 5. The van der Waals surface area contributed by atoms with Gasteiger partial charge >= 0.3 is 0 Å². The molecule has 1 unspecified atom stereocenters. The summed E-state index contributed by atoms with van der Waals surface area (Å²) in [5.41, 5.74) is 3.73. The normalized spacial score (nSPS) is 11.8. The van der Waals surface area contributed by atoms with Crippen LogP contribution in [0.1, 0.15) is 23.6 Å². The van der Waals surface area contributed by atoms with Crippen LogP contribution in [0.15, 0.2) is 30.3 Å². The third-order valence-electron chi connectivity index (χ3n) is 3.90. The average Bonchev–Trinajstić information content (AvgIpc) is 2.54.